The summed E-state index contributed by atoms with van der Waals surface area (Å²) < 4.78 is 44.4. The lowest BCUT2D eigenvalue weighted by atomic mass is 9.52. The summed E-state index contributed by atoms with van der Waals surface area (Å²) in [4.78, 5) is 69.6. The molecule has 3 saturated carbocycles. The van der Waals surface area contributed by atoms with Gasteiger partial charge in [0.05, 0.1) is 23.1 Å². The molecule has 0 saturated heterocycles. The number of primary amides is 1. The molecule has 2 unspecified atom stereocenters. The number of hydrogen-bond acceptors (Lipinski definition) is 9. The van der Waals surface area contributed by atoms with Gasteiger partial charge in [-0.3, -0.25) is 33.8 Å². The number of benzene rings is 1. The molecule has 0 heterocycles. The predicted molar refractivity (Wildman–Crippen MR) is 145 cm³/mol. The van der Waals surface area contributed by atoms with Crippen molar-refractivity contribution in [3.63, 3.8) is 0 Å². The molecule has 0 radical (unpaired) electrons. The normalized spacial score (nSPS) is 31.4. The van der Waals surface area contributed by atoms with Crippen molar-refractivity contribution in [3.8, 4) is 5.75 Å². The van der Waals surface area contributed by atoms with Gasteiger partial charge in [0.2, 0.25) is 5.91 Å². The zero-order valence-corrected chi connectivity index (χ0v) is 24.2. The number of hydrogen-bond donors (Lipinski definition) is 3. The standard InChI is InChI=1S/C30H36F3N3O7/c1-4-36(15-7-5-6-8-15)12-14-11-18(37)20-16(22(14)30(31,32)33)9-13-10-17-23(35(2)3)25(39)21(28(34)42)27(41)29(17,43)26(40)19(13)24(20)38/h11,13,15,17,19,21,23,37,43H,4-10,12H2,1-3H3,(H2,34,42)/t13-,17-,19?,21?,23-,29-/m0/s1. The first kappa shape index (κ1) is 31.3. The van der Waals surface area contributed by atoms with E-state index in [4.69, 9.17) is 5.73 Å². The summed E-state index contributed by atoms with van der Waals surface area (Å²) in [7, 11) is 2.87. The summed E-state index contributed by atoms with van der Waals surface area (Å²) in [6.07, 6.45) is -2.02. The first-order valence-corrected chi connectivity index (χ1v) is 14.6. The van der Waals surface area contributed by atoms with E-state index in [9.17, 15) is 47.4 Å². The molecule has 0 aliphatic heterocycles. The third-order valence-corrected chi connectivity index (χ3v) is 10.0. The zero-order valence-electron chi connectivity index (χ0n) is 24.2. The molecule has 13 heteroatoms. The van der Waals surface area contributed by atoms with Crippen LogP contribution in [-0.4, -0.2) is 87.4 Å². The van der Waals surface area contributed by atoms with Crippen LogP contribution in [0.3, 0.4) is 0 Å². The van der Waals surface area contributed by atoms with Gasteiger partial charge in [-0.1, -0.05) is 19.8 Å². The maximum absolute atomic E-state index is 14.8. The number of nitrogens with zero attached hydrogens (tertiary/aromatic N) is 2. The number of aromatic hydroxyl groups is 1. The lowest BCUT2D eigenvalue weighted by Gasteiger charge is -2.52. The fourth-order valence-corrected chi connectivity index (χ4v) is 8.21. The van der Waals surface area contributed by atoms with Crippen LogP contribution in [0.2, 0.25) is 0 Å². The first-order chi connectivity index (χ1) is 20.0. The van der Waals surface area contributed by atoms with Gasteiger partial charge in [-0.25, -0.2) is 0 Å². The highest BCUT2D eigenvalue weighted by molar-refractivity contribution is 6.32. The summed E-state index contributed by atoms with van der Waals surface area (Å²) in [5.41, 5.74) is 0.0527. The summed E-state index contributed by atoms with van der Waals surface area (Å²) in [5, 5.41) is 22.6. The molecule has 6 atom stereocenters. The van der Waals surface area contributed by atoms with Gasteiger partial charge < -0.3 is 15.9 Å². The molecule has 234 valence electrons. The van der Waals surface area contributed by atoms with E-state index in [1.807, 2.05) is 11.8 Å². The first-order valence-electron chi connectivity index (χ1n) is 14.6. The molecule has 3 fully saturated rings. The average molecular weight is 608 g/mol. The number of halogens is 3. The van der Waals surface area contributed by atoms with Crippen molar-refractivity contribution in [3.05, 3.63) is 28.3 Å². The molecule has 1 aromatic carbocycles. The van der Waals surface area contributed by atoms with E-state index >= 15 is 0 Å². The number of phenolic OH excluding ortho intramolecular Hbond substituents is 1. The fraction of sp³-hybridized carbons (Fsp3) is 0.633. The number of carbonyl (C=O) groups is 5. The number of amides is 1. The number of ketones is 4. The van der Waals surface area contributed by atoms with E-state index < -0.39 is 99.4 Å². The monoisotopic (exact) mass is 607 g/mol. The Hall–Kier alpha value is -3.16. The number of alkyl halides is 3. The number of fused-ring (bicyclic) bond motifs is 3. The van der Waals surface area contributed by atoms with Crippen molar-refractivity contribution in [1.82, 2.24) is 9.80 Å². The van der Waals surface area contributed by atoms with Gasteiger partial charge in [-0.15, -0.1) is 0 Å². The highest BCUT2D eigenvalue weighted by atomic mass is 19.4. The maximum atomic E-state index is 14.8. The summed E-state index contributed by atoms with van der Waals surface area (Å²) in [6, 6.07) is -0.316. The molecule has 5 rings (SSSR count). The topological polar surface area (TPSA) is 158 Å². The van der Waals surface area contributed by atoms with Crippen molar-refractivity contribution in [2.24, 2.45) is 29.4 Å². The Morgan fingerprint density at radius 1 is 1.12 bits per heavy atom. The van der Waals surface area contributed by atoms with Gasteiger partial charge in [-0.2, -0.15) is 13.2 Å². The Labute approximate surface area is 246 Å². The van der Waals surface area contributed by atoms with Gasteiger partial charge >= 0.3 is 6.18 Å². The maximum Gasteiger partial charge on any atom is 0.417 e. The van der Waals surface area contributed by atoms with E-state index in [1.54, 1.807) is 0 Å². The van der Waals surface area contributed by atoms with Crippen molar-refractivity contribution >= 4 is 29.0 Å². The van der Waals surface area contributed by atoms with E-state index in [1.165, 1.54) is 19.0 Å². The van der Waals surface area contributed by atoms with Gasteiger partial charge in [0.25, 0.3) is 0 Å². The smallest absolute Gasteiger partial charge is 0.417 e. The molecule has 0 aromatic heterocycles. The van der Waals surface area contributed by atoms with Crippen molar-refractivity contribution in [2.75, 3.05) is 20.6 Å². The van der Waals surface area contributed by atoms with Crippen LogP contribution in [0.5, 0.6) is 5.75 Å². The largest absolute Gasteiger partial charge is 0.507 e. The Morgan fingerprint density at radius 3 is 2.28 bits per heavy atom. The number of aliphatic hydroxyl groups is 1. The molecule has 4 aliphatic carbocycles. The highest BCUT2D eigenvalue weighted by Gasteiger charge is 2.69. The van der Waals surface area contributed by atoms with E-state index in [0.717, 1.165) is 31.7 Å². The number of Topliss-reactive ketones (excluding diaryl/α,β-unsaturated/α-hetero) is 4. The predicted octanol–water partition coefficient (Wildman–Crippen LogP) is 1.65. The summed E-state index contributed by atoms with van der Waals surface area (Å²) in [5.74, 6) is -13.3. The third-order valence-electron chi connectivity index (χ3n) is 10.0. The van der Waals surface area contributed by atoms with Crippen LogP contribution >= 0.6 is 0 Å². The SMILES string of the molecule is CCN(Cc1cc(O)c2c(c1C(F)(F)F)C[C@H]1C[C@H]3[C@H](N(C)C)C(=O)C(C(N)=O)C(=O)[C@@]3(O)C(=O)C1C2=O)C1CCCC1. The molecule has 1 aromatic rings. The van der Waals surface area contributed by atoms with E-state index in [2.05, 4.69) is 0 Å². The van der Waals surface area contributed by atoms with Gasteiger partial charge in [-0.05, 0) is 69.4 Å². The minimum Gasteiger partial charge on any atom is -0.507 e. The molecule has 43 heavy (non-hydrogen) atoms. The van der Waals surface area contributed by atoms with Crippen LogP contribution in [0, 0.1) is 23.7 Å². The van der Waals surface area contributed by atoms with Crippen LogP contribution in [0.15, 0.2) is 6.07 Å². The summed E-state index contributed by atoms with van der Waals surface area (Å²) >= 11 is 0. The number of likely N-dealkylation sites (N-methyl/N-ethyl adjacent to an activating group) is 1. The Balaban J connectivity index is 1.63. The quantitative estimate of drug-likeness (QED) is 0.409. The highest BCUT2D eigenvalue weighted by Crippen LogP contribution is 2.53. The van der Waals surface area contributed by atoms with Crippen LogP contribution < -0.4 is 5.73 Å². The van der Waals surface area contributed by atoms with Gasteiger partial charge in [0, 0.05) is 18.5 Å². The van der Waals surface area contributed by atoms with Crippen molar-refractivity contribution in [1.29, 1.82) is 0 Å². The lowest BCUT2D eigenvalue weighted by molar-refractivity contribution is -0.181. The summed E-state index contributed by atoms with van der Waals surface area (Å²) in [6.45, 7) is 2.24. The van der Waals surface area contributed by atoms with Crippen molar-refractivity contribution in [2.45, 2.75) is 75.9 Å². The molecule has 10 nitrogen and oxygen atoms in total. The molecule has 0 bridgehead atoms. The second-order valence-electron chi connectivity index (χ2n) is 12.6. The molecular weight excluding hydrogens is 571 g/mol. The van der Waals surface area contributed by atoms with Gasteiger partial charge in [0.15, 0.2) is 34.7 Å². The number of rotatable bonds is 6. The second kappa shape index (κ2) is 10.8. The molecule has 4 N–H and O–H groups in total. The van der Waals surface area contributed by atoms with Crippen LogP contribution in [0.4, 0.5) is 13.2 Å². The molecular formula is C30H36F3N3O7. The Morgan fingerprint density at radius 2 is 1.74 bits per heavy atom. The Bertz CT molecular complexity index is 1400. The van der Waals surface area contributed by atoms with E-state index in [0.29, 0.717) is 6.54 Å². The fourth-order valence-electron chi connectivity index (χ4n) is 8.21. The van der Waals surface area contributed by atoms with Crippen LogP contribution in [0.25, 0.3) is 0 Å². The minimum absolute atomic E-state index is 0.0949. The molecule has 0 spiro atoms. The third kappa shape index (κ3) is 4.71. The number of phenols is 1. The molecule has 4 aliphatic rings. The number of carbonyl (C=O) groups excluding carboxylic acids is 5. The second-order valence-corrected chi connectivity index (χ2v) is 12.6. The average Bonchev–Trinajstić information content (AvgIpc) is 3.43. The van der Waals surface area contributed by atoms with Crippen LogP contribution in [-0.2, 0) is 38.3 Å². The van der Waals surface area contributed by atoms with Gasteiger partial charge in [0.1, 0.15) is 5.75 Å². The van der Waals surface area contributed by atoms with Crippen LogP contribution in [0.1, 0.15) is 66.1 Å². The van der Waals surface area contributed by atoms with Crippen molar-refractivity contribution < 1.29 is 47.4 Å². The minimum atomic E-state index is -4.90. The lowest BCUT2D eigenvalue weighted by Crippen LogP contribution is -2.74. The zero-order chi connectivity index (χ0) is 31.8. The number of nitrogens with two attached hydrogens (primary N) is 1. The molecule has 1 amide bonds. The Kier molecular flexibility index (Phi) is 7.84. The van der Waals surface area contributed by atoms with E-state index in [-0.39, 0.29) is 24.6 Å².